The number of nitrogens with zero attached hydrogens (tertiary/aromatic N) is 1. The molecule has 2 fully saturated rings. The zero-order valence-electron chi connectivity index (χ0n) is 12.0. The van der Waals surface area contributed by atoms with E-state index >= 15 is 0 Å². The van der Waals surface area contributed by atoms with Crippen LogP contribution in [0.1, 0.15) is 26.7 Å². The highest BCUT2D eigenvalue weighted by Gasteiger charge is 2.27. The molecule has 0 aromatic rings. The smallest absolute Gasteiger partial charge is 0.151 e. The van der Waals surface area contributed by atoms with Crippen molar-refractivity contribution in [2.45, 2.75) is 37.5 Å². The standard InChI is InChI=1S/C13H26N2O2S2/c1-13(2)4-6-15(8-9-18-13)7-5-14-12-3-10-19(16,17)11-12/h12,14H,3-11H2,1-2H3. The van der Waals surface area contributed by atoms with Crippen LogP contribution in [0.15, 0.2) is 0 Å². The Bertz CT molecular complexity index is 395. The Balaban J connectivity index is 1.66. The molecule has 4 nitrogen and oxygen atoms in total. The van der Waals surface area contributed by atoms with Gasteiger partial charge in [0.05, 0.1) is 11.5 Å². The number of nitrogens with one attached hydrogen (secondary N) is 1. The van der Waals surface area contributed by atoms with Crippen LogP contribution >= 0.6 is 11.8 Å². The normalized spacial score (nSPS) is 31.2. The van der Waals surface area contributed by atoms with Crippen LogP contribution in [-0.4, -0.2) is 67.5 Å². The molecule has 0 radical (unpaired) electrons. The maximum absolute atomic E-state index is 11.4. The van der Waals surface area contributed by atoms with Crippen LogP contribution in [0, 0.1) is 0 Å². The number of rotatable bonds is 4. The lowest BCUT2D eigenvalue weighted by Crippen LogP contribution is -2.38. The first kappa shape index (κ1) is 15.6. The van der Waals surface area contributed by atoms with Crippen molar-refractivity contribution in [3.8, 4) is 0 Å². The average Bonchev–Trinajstić information content (AvgIpc) is 2.54. The first-order valence-corrected chi connectivity index (χ1v) is 9.97. The van der Waals surface area contributed by atoms with Crippen LogP contribution in [-0.2, 0) is 9.84 Å². The lowest BCUT2D eigenvalue weighted by atomic mass is 10.1. The highest BCUT2D eigenvalue weighted by molar-refractivity contribution is 8.00. The lowest BCUT2D eigenvalue weighted by molar-refractivity contribution is 0.280. The zero-order valence-corrected chi connectivity index (χ0v) is 13.7. The van der Waals surface area contributed by atoms with E-state index in [-0.39, 0.29) is 6.04 Å². The van der Waals surface area contributed by atoms with E-state index in [9.17, 15) is 8.42 Å². The molecule has 6 heteroatoms. The molecule has 2 rings (SSSR count). The molecule has 1 atom stereocenters. The second-order valence-corrected chi connectivity index (χ2v) is 10.3. The van der Waals surface area contributed by atoms with Crippen LogP contribution in [0.3, 0.4) is 0 Å². The molecule has 19 heavy (non-hydrogen) atoms. The molecular weight excluding hydrogens is 280 g/mol. The summed E-state index contributed by atoms with van der Waals surface area (Å²) in [5.41, 5.74) is 0. The van der Waals surface area contributed by atoms with Gasteiger partial charge in [-0.1, -0.05) is 13.8 Å². The Morgan fingerprint density at radius 1 is 1.37 bits per heavy atom. The Hall–Kier alpha value is 0.220. The van der Waals surface area contributed by atoms with E-state index in [2.05, 4.69) is 35.8 Å². The molecule has 0 aromatic carbocycles. The number of sulfone groups is 1. The minimum Gasteiger partial charge on any atom is -0.312 e. The molecular formula is C13H26N2O2S2. The minimum absolute atomic E-state index is 0.183. The highest BCUT2D eigenvalue weighted by Crippen LogP contribution is 2.30. The summed E-state index contributed by atoms with van der Waals surface area (Å²) in [5.74, 6) is 1.89. The molecule has 1 N–H and O–H groups in total. The van der Waals surface area contributed by atoms with E-state index < -0.39 is 9.84 Å². The summed E-state index contributed by atoms with van der Waals surface area (Å²) in [6.07, 6.45) is 2.01. The molecule has 2 aliphatic rings. The van der Waals surface area contributed by atoms with Crippen LogP contribution < -0.4 is 5.32 Å². The molecule has 2 saturated heterocycles. The maximum atomic E-state index is 11.4. The molecule has 2 aliphatic heterocycles. The summed E-state index contributed by atoms with van der Waals surface area (Å²) in [6, 6.07) is 0.183. The Morgan fingerprint density at radius 2 is 2.16 bits per heavy atom. The van der Waals surface area contributed by atoms with Gasteiger partial charge in [0.2, 0.25) is 0 Å². The van der Waals surface area contributed by atoms with E-state index in [0.717, 1.165) is 32.6 Å². The summed E-state index contributed by atoms with van der Waals surface area (Å²) in [7, 11) is -2.75. The topological polar surface area (TPSA) is 49.4 Å². The molecule has 0 spiro atoms. The first-order valence-electron chi connectivity index (χ1n) is 7.16. The Kier molecular flexibility index (Phi) is 5.20. The van der Waals surface area contributed by atoms with Gasteiger partial charge in [0.25, 0.3) is 0 Å². The third kappa shape index (κ3) is 5.25. The van der Waals surface area contributed by atoms with Crippen molar-refractivity contribution >= 4 is 21.6 Å². The van der Waals surface area contributed by atoms with Crippen molar-refractivity contribution in [2.75, 3.05) is 43.4 Å². The Morgan fingerprint density at radius 3 is 2.84 bits per heavy atom. The van der Waals surface area contributed by atoms with Crippen LogP contribution in [0.4, 0.5) is 0 Å². The van der Waals surface area contributed by atoms with Crippen molar-refractivity contribution in [3.05, 3.63) is 0 Å². The molecule has 0 bridgehead atoms. The quantitative estimate of drug-likeness (QED) is 0.839. The summed E-state index contributed by atoms with van der Waals surface area (Å²) in [5, 5.41) is 3.40. The highest BCUT2D eigenvalue weighted by atomic mass is 32.2. The largest absolute Gasteiger partial charge is 0.312 e. The van der Waals surface area contributed by atoms with E-state index in [0.29, 0.717) is 16.3 Å². The Labute approximate surface area is 121 Å². The molecule has 0 amide bonds. The molecule has 112 valence electrons. The van der Waals surface area contributed by atoms with Gasteiger partial charge < -0.3 is 10.2 Å². The van der Waals surface area contributed by atoms with Gasteiger partial charge >= 0.3 is 0 Å². The molecule has 2 heterocycles. The second-order valence-electron chi connectivity index (χ2n) is 6.25. The van der Waals surface area contributed by atoms with Gasteiger partial charge in [-0.25, -0.2) is 8.42 Å². The van der Waals surface area contributed by atoms with Gasteiger partial charge in [-0.3, -0.25) is 0 Å². The van der Waals surface area contributed by atoms with Crippen molar-refractivity contribution < 1.29 is 8.42 Å². The van der Waals surface area contributed by atoms with Crippen molar-refractivity contribution in [3.63, 3.8) is 0 Å². The fourth-order valence-electron chi connectivity index (χ4n) is 2.67. The van der Waals surface area contributed by atoms with Crippen molar-refractivity contribution in [1.82, 2.24) is 10.2 Å². The fraction of sp³-hybridized carbons (Fsp3) is 1.00. The van der Waals surface area contributed by atoms with E-state index in [1.165, 1.54) is 12.2 Å². The minimum atomic E-state index is -2.75. The summed E-state index contributed by atoms with van der Waals surface area (Å²) >= 11 is 2.06. The van der Waals surface area contributed by atoms with Gasteiger partial charge in [0.15, 0.2) is 9.84 Å². The van der Waals surface area contributed by atoms with E-state index in [1.54, 1.807) is 0 Å². The summed E-state index contributed by atoms with van der Waals surface area (Å²) in [6.45, 7) is 8.90. The van der Waals surface area contributed by atoms with E-state index in [4.69, 9.17) is 0 Å². The maximum Gasteiger partial charge on any atom is 0.151 e. The number of thioether (sulfide) groups is 1. The molecule has 0 aliphatic carbocycles. The summed E-state index contributed by atoms with van der Waals surface area (Å²) < 4.78 is 23.1. The van der Waals surface area contributed by atoms with Gasteiger partial charge in [0, 0.05) is 36.2 Å². The third-order valence-electron chi connectivity index (χ3n) is 4.02. The second kappa shape index (κ2) is 6.33. The number of hydrogen-bond acceptors (Lipinski definition) is 5. The van der Waals surface area contributed by atoms with Gasteiger partial charge in [0.1, 0.15) is 0 Å². The summed E-state index contributed by atoms with van der Waals surface area (Å²) in [4.78, 5) is 2.50. The van der Waals surface area contributed by atoms with Crippen LogP contribution in [0.5, 0.6) is 0 Å². The van der Waals surface area contributed by atoms with Gasteiger partial charge in [-0.2, -0.15) is 11.8 Å². The molecule has 0 aromatic heterocycles. The average molecular weight is 306 g/mol. The van der Waals surface area contributed by atoms with E-state index in [1.807, 2.05) is 0 Å². The van der Waals surface area contributed by atoms with Crippen LogP contribution in [0.25, 0.3) is 0 Å². The fourth-order valence-corrected chi connectivity index (χ4v) is 5.51. The predicted octanol–water partition coefficient (Wildman–Crippen LogP) is 0.981. The SMILES string of the molecule is CC1(C)CCN(CCNC2CCS(=O)(=O)C2)CCS1. The first-order chi connectivity index (χ1) is 8.86. The molecule has 1 unspecified atom stereocenters. The monoisotopic (exact) mass is 306 g/mol. The van der Waals surface area contributed by atoms with Gasteiger partial charge in [-0.15, -0.1) is 0 Å². The number of hydrogen-bond donors (Lipinski definition) is 1. The predicted molar refractivity (Wildman–Crippen MR) is 82.7 cm³/mol. The van der Waals surface area contributed by atoms with Crippen LogP contribution in [0.2, 0.25) is 0 Å². The van der Waals surface area contributed by atoms with Crippen molar-refractivity contribution in [1.29, 1.82) is 0 Å². The third-order valence-corrected chi connectivity index (χ3v) is 7.16. The molecule has 0 saturated carbocycles. The van der Waals surface area contributed by atoms with Crippen molar-refractivity contribution in [2.24, 2.45) is 0 Å². The zero-order chi connectivity index (χ0) is 13.9. The van der Waals surface area contributed by atoms with Gasteiger partial charge in [-0.05, 0) is 19.4 Å². The lowest BCUT2D eigenvalue weighted by Gasteiger charge is -2.23.